The molecule has 0 aliphatic rings. The summed E-state index contributed by atoms with van der Waals surface area (Å²) in [6.45, 7) is 6.42. The number of aryl methyl sites for hydroxylation is 2. The van der Waals surface area contributed by atoms with Gasteiger partial charge in [-0.3, -0.25) is 0 Å². The maximum atomic E-state index is 9.64. The van der Waals surface area contributed by atoms with Crippen molar-refractivity contribution in [2.45, 2.75) is 33.3 Å². The monoisotopic (exact) mass is 367 g/mol. The largest absolute Gasteiger partial charge is 0.392 e. The van der Waals surface area contributed by atoms with Crippen LogP contribution in [0.4, 0.5) is 5.95 Å². The molecule has 4 rings (SSSR count). The first-order valence-corrected chi connectivity index (χ1v) is 9.56. The average molecular weight is 367 g/mol. The Morgan fingerprint density at radius 1 is 1.23 bits per heavy atom. The molecule has 0 fully saturated rings. The first-order chi connectivity index (χ1) is 12.6. The topological polar surface area (TPSA) is 75.3 Å². The van der Waals surface area contributed by atoms with Crippen molar-refractivity contribution in [3.63, 3.8) is 0 Å². The number of nitrogens with one attached hydrogen (secondary N) is 1. The van der Waals surface area contributed by atoms with Gasteiger partial charge in [-0.15, -0.1) is 16.4 Å². The molecule has 1 atom stereocenters. The summed E-state index contributed by atoms with van der Waals surface area (Å²) in [6.07, 6.45) is 0.452. The van der Waals surface area contributed by atoms with E-state index in [2.05, 4.69) is 19.2 Å². The summed E-state index contributed by atoms with van der Waals surface area (Å²) in [5, 5.41) is 18.6. The first-order valence-electron chi connectivity index (χ1n) is 8.74. The second-order valence-electron chi connectivity index (χ2n) is 6.37. The lowest BCUT2D eigenvalue weighted by Gasteiger charge is -2.09. The van der Waals surface area contributed by atoms with E-state index >= 15 is 0 Å². The Labute approximate surface area is 155 Å². The number of anilines is 1. The molecule has 3 heterocycles. The Kier molecular flexibility index (Phi) is 4.34. The molecule has 3 aromatic heterocycles. The fourth-order valence-corrected chi connectivity index (χ4v) is 4.23. The summed E-state index contributed by atoms with van der Waals surface area (Å²) in [5.41, 5.74) is 3.05. The third-order valence-corrected chi connectivity index (χ3v) is 5.41. The number of aliphatic hydroxyl groups is 1. The highest BCUT2D eigenvalue weighted by atomic mass is 32.1. The van der Waals surface area contributed by atoms with Crippen LogP contribution in [0.5, 0.6) is 0 Å². The van der Waals surface area contributed by atoms with Gasteiger partial charge in [0.2, 0.25) is 5.95 Å². The van der Waals surface area contributed by atoms with Crippen molar-refractivity contribution in [3.8, 4) is 11.4 Å². The lowest BCUT2D eigenvalue weighted by Crippen LogP contribution is -2.18. The fraction of sp³-hybridized carbons (Fsp3) is 0.316. The van der Waals surface area contributed by atoms with Crippen LogP contribution in [0.3, 0.4) is 0 Å². The molecule has 0 unspecified atom stereocenters. The van der Waals surface area contributed by atoms with Crippen molar-refractivity contribution in [1.29, 1.82) is 0 Å². The summed E-state index contributed by atoms with van der Waals surface area (Å²) in [6, 6.07) is 9.94. The van der Waals surface area contributed by atoms with Crippen LogP contribution in [-0.2, 0) is 6.42 Å². The average Bonchev–Trinajstić information content (AvgIpc) is 3.20. The van der Waals surface area contributed by atoms with Gasteiger partial charge >= 0.3 is 0 Å². The predicted octanol–water partition coefficient (Wildman–Crippen LogP) is 3.67. The second kappa shape index (κ2) is 6.66. The van der Waals surface area contributed by atoms with Crippen LogP contribution >= 0.6 is 11.3 Å². The Morgan fingerprint density at radius 3 is 2.69 bits per heavy atom. The van der Waals surface area contributed by atoms with Gasteiger partial charge in [0.05, 0.1) is 11.5 Å². The van der Waals surface area contributed by atoms with Crippen molar-refractivity contribution in [3.05, 3.63) is 40.8 Å². The number of hydrogen-bond acceptors (Lipinski definition) is 6. The van der Waals surface area contributed by atoms with Crippen molar-refractivity contribution < 1.29 is 5.11 Å². The lowest BCUT2D eigenvalue weighted by atomic mass is 10.1. The van der Waals surface area contributed by atoms with Crippen LogP contribution in [-0.4, -0.2) is 37.3 Å². The van der Waals surface area contributed by atoms with Crippen molar-refractivity contribution >= 4 is 33.1 Å². The molecule has 0 radical (unpaired) electrons. The smallest absolute Gasteiger partial charge is 0.227 e. The van der Waals surface area contributed by atoms with E-state index in [1.165, 1.54) is 10.4 Å². The minimum Gasteiger partial charge on any atom is -0.392 e. The zero-order valence-electron chi connectivity index (χ0n) is 15.0. The van der Waals surface area contributed by atoms with E-state index in [1.54, 1.807) is 22.8 Å². The van der Waals surface area contributed by atoms with E-state index in [9.17, 15) is 5.11 Å². The highest BCUT2D eigenvalue weighted by Gasteiger charge is 2.19. The van der Waals surface area contributed by atoms with Crippen LogP contribution in [0.1, 0.15) is 24.3 Å². The van der Waals surface area contributed by atoms with E-state index in [1.807, 2.05) is 30.3 Å². The molecule has 7 heteroatoms. The van der Waals surface area contributed by atoms with Crippen molar-refractivity contribution in [1.82, 2.24) is 19.6 Å². The van der Waals surface area contributed by atoms with Gasteiger partial charge in [0.1, 0.15) is 4.83 Å². The van der Waals surface area contributed by atoms with Gasteiger partial charge in [-0.05, 0) is 25.8 Å². The molecule has 26 heavy (non-hydrogen) atoms. The highest BCUT2D eigenvalue weighted by Crippen LogP contribution is 2.34. The predicted molar refractivity (Wildman–Crippen MR) is 106 cm³/mol. The number of hydrogen-bond donors (Lipinski definition) is 2. The van der Waals surface area contributed by atoms with Gasteiger partial charge in [0.15, 0.2) is 11.5 Å². The van der Waals surface area contributed by atoms with E-state index in [-0.39, 0.29) is 0 Å². The Bertz CT molecular complexity index is 1070. The molecule has 0 spiro atoms. The number of nitrogens with zero attached hydrogens (tertiary/aromatic N) is 4. The normalized spacial score (nSPS) is 12.8. The maximum absolute atomic E-state index is 9.64. The lowest BCUT2D eigenvalue weighted by molar-refractivity contribution is 0.208. The van der Waals surface area contributed by atoms with E-state index in [4.69, 9.17) is 15.1 Å². The molecule has 0 aliphatic heterocycles. The summed E-state index contributed by atoms with van der Waals surface area (Å²) >= 11 is 1.68. The minimum atomic E-state index is -0.476. The van der Waals surface area contributed by atoms with Crippen LogP contribution in [0.2, 0.25) is 0 Å². The van der Waals surface area contributed by atoms with E-state index in [0.717, 1.165) is 27.8 Å². The number of thiophene rings is 1. The van der Waals surface area contributed by atoms with Gasteiger partial charge in [0.25, 0.3) is 0 Å². The number of rotatable bonds is 5. The summed E-state index contributed by atoms with van der Waals surface area (Å²) in [4.78, 5) is 11.8. The molecule has 0 saturated heterocycles. The van der Waals surface area contributed by atoms with Crippen LogP contribution in [0.25, 0.3) is 27.3 Å². The zero-order chi connectivity index (χ0) is 18.3. The summed E-state index contributed by atoms with van der Waals surface area (Å²) in [7, 11) is 0. The van der Waals surface area contributed by atoms with Crippen LogP contribution in [0, 0.1) is 6.92 Å². The Balaban J connectivity index is 1.99. The van der Waals surface area contributed by atoms with Crippen LogP contribution in [0.15, 0.2) is 30.3 Å². The van der Waals surface area contributed by atoms with Gasteiger partial charge in [0, 0.05) is 17.0 Å². The molecule has 0 saturated carbocycles. The molecule has 1 aromatic carbocycles. The fourth-order valence-electron chi connectivity index (χ4n) is 3.13. The van der Waals surface area contributed by atoms with Crippen LogP contribution < -0.4 is 5.32 Å². The first kappa shape index (κ1) is 16.9. The van der Waals surface area contributed by atoms with E-state index < -0.39 is 6.10 Å². The van der Waals surface area contributed by atoms with Gasteiger partial charge in [-0.1, -0.05) is 37.3 Å². The van der Waals surface area contributed by atoms with E-state index in [0.29, 0.717) is 18.3 Å². The molecule has 6 nitrogen and oxygen atoms in total. The standard InChI is InChI=1S/C19H21N5OS/c1-4-14-12(3)26-18-15(14)17-21-16(13-8-6-5-7-9-13)23-24(17)19(22-18)20-10-11(2)25/h5-9,11,25H,4,10H2,1-3H3,(H,20,22)/t11-/m1/s1. The quantitative estimate of drug-likeness (QED) is 0.563. The van der Waals surface area contributed by atoms with Gasteiger partial charge in [-0.2, -0.15) is 4.52 Å². The second-order valence-corrected chi connectivity index (χ2v) is 7.58. The van der Waals surface area contributed by atoms with Crippen molar-refractivity contribution in [2.75, 3.05) is 11.9 Å². The molecule has 134 valence electrons. The molecule has 0 amide bonds. The third-order valence-electron chi connectivity index (χ3n) is 4.37. The molecular weight excluding hydrogens is 346 g/mol. The SMILES string of the molecule is CCc1c(C)sc2nc(NC[C@@H](C)O)n3nc(-c4ccccc4)nc3c12. The Morgan fingerprint density at radius 2 is 2.00 bits per heavy atom. The molecule has 0 bridgehead atoms. The molecular formula is C19H21N5OS. The number of benzene rings is 1. The maximum Gasteiger partial charge on any atom is 0.227 e. The van der Waals surface area contributed by atoms with Gasteiger partial charge < -0.3 is 10.4 Å². The molecule has 2 N–H and O–H groups in total. The number of aromatic nitrogens is 4. The zero-order valence-corrected chi connectivity index (χ0v) is 15.8. The summed E-state index contributed by atoms with van der Waals surface area (Å²) < 4.78 is 1.76. The minimum absolute atomic E-state index is 0.402. The summed E-state index contributed by atoms with van der Waals surface area (Å²) in [5.74, 6) is 1.28. The number of aliphatic hydroxyl groups excluding tert-OH is 1. The third kappa shape index (κ3) is 2.83. The Hall–Kier alpha value is -2.51. The number of fused-ring (bicyclic) bond motifs is 3. The molecule has 0 aliphatic carbocycles. The highest BCUT2D eigenvalue weighted by molar-refractivity contribution is 7.18. The van der Waals surface area contributed by atoms with Crippen molar-refractivity contribution in [2.24, 2.45) is 0 Å². The molecule has 4 aromatic rings. The van der Waals surface area contributed by atoms with Gasteiger partial charge in [-0.25, -0.2) is 9.97 Å².